The van der Waals surface area contributed by atoms with E-state index in [2.05, 4.69) is 5.32 Å². The highest BCUT2D eigenvalue weighted by molar-refractivity contribution is 5.81. The predicted octanol–water partition coefficient (Wildman–Crippen LogP) is 1.41. The number of rotatable bonds is 5. The van der Waals surface area contributed by atoms with Crippen molar-refractivity contribution >= 4 is 5.91 Å². The van der Waals surface area contributed by atoms with E-state index >= 15 is 0 Å². The summed E-state index contributed by atoms with van der Waals surface area (Å²) in [6, 6.07) is 5.61. The Kier molecular flexibility index (Phi) is 4.84. The van der Waals surface area contributed by atoms with Crippen molar-refractivity contribution in [1.29, 1.82) is 0 Å². The minimum absolute atomic E-state index is 0.0921. The molecule has 0 bridgehead atoms. The van der Waals surface area contributed by atoms with Gasteiger partial charge in [-0.05, 0) is 19.9 Å². The van der Waals surface area contributed by atoms with Crippen LogP contribution in [0, 0.1) is 0 Å². The third-order valence-corrected chi connectivity index (χ3v) is 3.47. The van der Waals surface area contributed by atoms with Gasteiger partial charge in [-0.25, -0.2) is 0 Å². The molecule has 0 spiro atoms. The van der Waals surface area contributed by atoms with Gasteiger partial charge in [0.25, 0.3) is 0 Å². The van der Waals surface area contributed by atoms with Gasteiger partial charge in [0.1, 0.15) is 13.2 Å². The molecule has 0 aliphatic carbocycles. The molecule has 1 amide bonds. The Bertz CT molecular complexity index is 476. The highest BCUT2D eigenvalue weighted by Gasteiger charge is 2.19. The van der Waals surface area contributed by atoms with E-state index in [-0.39, 0.29) is 11.9 Å². The number of nitrogens with one attached hydrogen (secondary N) is 1. The van der Waals surface area contributed by atoms with Crippen LogP contribution in [-0.2, 0) is 11.3 Å². The van der Waals surface area contributed by atoms with E-state index in [9.17, 15) is 4.79 Å². The second-order valence-electron chi connectivity index (χ2n) is 4.90. The summed E-state index contributed by atoms with van der Waals surface area (Å²) >= 11 is 0. The number of hydrogen-bond acceptors (Lipinski definition) is 4. The quantitative estimate of drug-likeness (QED) is 0.885. The molecule has 0 radical (unpaired) electrons. The molecule has 1 aromatic carbocycles. The Morgan fingerprint density at radius 2 is 2.15 bits per heavy atom. The van der Waals surface area contributed by atoms with Gasteiger partial charge in [0.2, 0.25) is 5.91 Å². The van der Waals surface area contributed by atoms with Gasteiger partial charge < -0.3 is 19.7 Å². The number of benzene rings is 1. The summed E-state index contributed by atoms with van der Waals surface area (Å²) < 4.78 is 11.2. The zero-order valence-electron chi connectivity index (χ0n) is 12.3. The monoisotopic (exact) mass is 278 g/mol. The van der Waals surface area contributed by atoms with Crippen molar-refractivity contribution in [3.05, 3.63) is 23.8 Å². The average Bonchev–Trinajstić information content (AvgIpc) is 2.50. The minimum atomic E-state index is -0.222. The molecule has 5 heteroatoms. The Balaban J connectivity index is 1.99. The number of para-hydroxylation sites is 1. The molecular formula is C15H22N2O3. The molecule has 1 N–H and O–H groups in total. The van der Waals surface area contributed by atoms with Crippen molar-refractivity contribution in [2.24, 2.45) is 0 Å². The lowest BCUT2D eigenvalue weighted by Crippen LogP contribution is -2.42. The van der Waals surface area contributed by atoms with Crippen LogP contribution >= 0.6 is 0 Å². The van der Waals surface area contributed by atoms with E-state index in [0.717, 1.165) is 17.1 Å². The topological polar surface area (TPSA) is 50.8 Å². The van der Waals surface area contributed by atoms with Crippen LogP contribution in [0.3, 0.4) is 0 Å². The van der Waals surface area contributed by atoms with Crippen molar-refractivity contribution in [1.82, 2.24) is 10.2 Å². The number of fused-ring (bicyclic) bond motifs is 1. The molecule has 0 aromatic heterocycles. The van der Waals surface area contributed by atoms with Gasteiger partial charge in [-0.3, -0.25) is 4.79 Å². The molecule has 1 atom stereocenters. The Morgan fingerprint density at radius 3 is 2.90 bits per heavy atom. The van der Waals surface area contributed by atoms with Gasteiger partial charge in [-0.1, -0.05) is 12.1 Å². The van der Waals surface area contributed by atoms with Crippen LogP contribution in [0.5, 0.6) is 11.5 Å². The Labute approximate surface area is 119 Å². The molecule has 2 rings (SSSR count). The zero-order valence-corrected chi connectivity index (χ0v) is 12.3. The maximum absolute atomic E-state index is 12.0. The maximum Gasteiger partial charge on any atom is 0.239 e. The molecule has 0 saturated carbocycles. The first kappa shape index (κ1) is 14.7. The van der Waals surface area contributed by atoms with E-state index in [1.807, 2.05) is 39.1 Å². The van der Waals surface area contributed by atoms with Crippen LogP contribution in [0.15, 0.2) is 18.2 Å². The van der Waals surface area contributed by atoms with Gasteiger partial charge in [0.05, 0.1) is 6.04 Å². The second-order valence-corrected chi connectivity index (χ2v) is 4.90. The second kappa shape index (κ2) is 6.61. The molecule has 110 valence electrons. The van der Waals surface area contributed by atoms with Gasteiger partial charge in [0, 0.05) is 25.7 Å². The average molecular weight is 278 g/mol. The van der Waals surface area contributed by atoms with Crippen LogP contribution in [0.2, 0.25) is 0 Å². The predicted molar refractivity (Wildman–Crippen MR) is 77.0 cm³/mol. The van der Waals surface area contributed by atoms with Crippen molar-refractivity contribution in [2.45, 2.75) is 26.4 Å². The van der Waals surface area contributed by atoms with Gasteiger partial charge in [-0.2, -0.15) is 0 Å². The van der Waals surface area contributed by atoms with E-state index in [1.165, 1.54) is 0 Å². The first-order chi connectivity index (χ1) is 9.63. The first-order valence-corrected chi connectivity index (χ1v) is 6.99. The third kappa shape index (κ3) is 3.22. The molecule has 0 saturated heterocycles. The lowest BCUT2D eigenvalue weighted by molar-refractivity contribution is -0.131. The lowest BCUT2D eigenvalue weighted by Gasteiger charge is -2.23. The number of amides is 1. The van der Waals surface area contributed by atoms with Crippen LogP contribution in [-0.4, -0.2) is 43.7 Å². The van der Waals surface area contributed by atoms with Crippen molar-refractivity contribution in [3.8, 4) is 11.5 Å². The van der Waals surface area contributed by atoms with Crippen LogP contribution < -0.4 is 14.8 Å². The number of ether oxygens (including phenoxy) is 2. The van der Waals surface area contributed by atoms with Gasteiger partial charge >= 0.3 is 0 Å². The van der Waals surface area contributed by atoms with Crippen molar-refractivity contribution in [3.63, 3.8) is 0 Å². The van der Waals surface area contributed by atoms with Crippen molar-refractivity contribution < 1.29 is 14.3 Å². The molecule has 1 heterocycles. The first-order valence-electron chi connectivity index (χ1n) is 6.99. The fraction of sp³-hybridized carbons (Fsp3) is 0.533. The number of likely N-dealkylation sites (N-methyl/N-ethyl adjacent to an activating group) is 1. The molecule has 20 heavy (non-hydrogen) atoms. The molecule has 0 fully saturated rings. The normalized spacial score (nSPS) is 14.8. The minimum Gasteiger partial charge on any atom is -0.486 e. The summed E-state index contributed by atoms with van der Waals surface area (Å²) in [5.74, 6) is 1.66. The Morgan fingerprint density at radius 1 is 1.40 bits per heavy atom. The third-order valence-electron chi connectivity index (χ3n) is 3.47. The fourth-order valence-electron chi connectivity index (χ4n) is 2.11. The number of hydrogen-bond donors (Lipinski definition) is 1. The van der Waals surface area contributed by atoms with Crippen LogP contribution in [0.4, 0.5) is 0 Å². The zero-order chi connectivity index (χ0) is 14.5. The molecule has 1 unspecified atom stereocenters. The molecule has 1 aliphatic heterocycles. The molecule has 1 aromatic rings. The van der Waals surface area contributed by atoms with E-state index in [1.54, 1.807) is 4.90 Å². The van der Waals surface area contributed by atoms with E-state index in [0.29, 0.717) is 26.3 Å². The summed E-state index contributed by atoms with van der Waals surface area (Å²) in [6.07, 6.45) is 0. The molecular weight excluding hydrogens is 256 g/mol. The van der Waals surface area contributed by atoms with E-state index < -0.39 is 0 Å². The Hall–Kier alpha value is -1.75. The van der Waals surface area contributed by atoms with Crippen LogP contribution in [0.25, 0.3) is 0 Å². The summed E-state index contributed by atoms with van der Waals surface area (Å²) in [7, 11) is 1.81. The fourth-order valence-corrected chi connectivity index (χ4v) is 2.11. The smallest absolute Gasteiger partial charge is 0.239 e. The van der Waals surface area contributed by atoms with Gasteiger partial charge in [0.15, 0.2) is 11.5 Å². The number of carbonyl (C=O) groups excluding carboxylic acids is 1. The highest BCUT2D eigenvalue weighted by atomic mass is 16.6. The van der Waals surface area contributed by atoms with Crippen LogP contribution in [0.1, 0.15) is 19.4 Å². The summed E-state index contributed by atoms with van der Waals surface area (Å²) in [6.45, 7) is 6.28. The number of carbonyl (C=O) groups is 1. The SMILES string of the molecule is CCN(C)C(=O)C(C)NCc1cccc2c1OCCO2. The molecule has 5 nitrogen and oxygen atoms in total. The summed E-state index contributed by atoms with van der Waals surface area (Å²) in [5, 5.41) is 3.24. The standard InChI is InChI=1S/C15H22N2O3/c1-4-17(3)15(18)11(2)16-10-12-6-5-7-13-14(12)20-9-8-19-13/h5-7,11,16H,4,8-10H2,1-3H3. The summed E-state index contributed by atoms with van der Waals surface area (Å²) in [5.41, 5.74) is 1.01. The number of nitrogens with zero attached hydrogens (tertiary/aromatic N) is 1. The van der Waals surface area contributed by atoms with Crippen molar-refractivity contribution in [2.75, 3.05) is 26.8 Å². The molecule has 1 aliphatic rings. The largest absolute Gasteiger partial charge is 0.486 e. The van der Waals surface area contributed by atoms with Gasteiger partial charge in [-0.15, -0.1) is 0 Å². The lowest BCUT2D eigenvalue weighted by atomic mass is 10.1. The summed E-state index contributed by atoms with van der Waals surface area (Å²) in [4.78, 5) is 13.7. The van der Waals surface area contributed by atoms with E-state index in [4.69, 9.17) is 9.47 Å². The maximum atomic E-state index is 12.0. The highest BCUT2D eigenvalue weighted by Crippen LogP contribution is 2.33.